The lowest BCUT2D eigenvalue weighted by molar-refractivity contribution is 0.460. The minimum absolute atomic E-state index is 0.298. The van der Waals surface area contributed by atoms with Crippen molar-refractivity contribution in [3.8, 4) is 11.6 Å². The Morgan fingerprint density at radius 1 is 1.24 bits per heavy atom. The lowest BCUT2D eigenvalue weighted by atomic mass is 10.2. The zero-order valence-corrected chi connectivity index (χ0v) is 15.3. The monoisotopic (exact) mass is 362 g/mol. The summed E-state index contributed by atoms with van der Waals surface area (Å²) in [5.74, 6) is 2.51. The van der Waals surface area contributed by atoms with E-state index in [2.05, 4.69) is 26.9 Å². The number of halogens is 1. The van der Waals surface area contributed by atoms with E-state index in [1.54, 1.807) is 30.1 Å². The Morgan fingerprint density at radius 3 is 2.76 bits per heavy atom. The van der Waals surface area contributed by atoms with Crippen molar-refractivity contribution in [2.45, 2.75) is 13.5 Å². The second-order valence-electron chi connectivity index (χ2n) is 5.17. The summed E-state index contributed by atoms with van der Waals surface area (Å²) in [5, 5.41) is 6.51. The molecule has 0 spiro atoms. The number of hydrogen-bond donors (Lipinski definition) is 2. The average Bonchev–Trinajstić information content (AvgIpc) is 2.62. The highest BCUT2D eigenvalue weighted by molar-refractivity contribution is 7.98. The van der Waals surface area contributed by atoms with Crippen molar-refractivity contribution in [1.29, 1.82) is 0 Å². The van der Waals surface area contributed by atoms with Crippen molar-refractivity contribution < 1.29 is 9.13 Å². The van der Waals surface area contributed by atoms with Gasteiger partial charge in [0.25, 0.3) is 0 Å². The van der Waals surface area contributed by atoms with Gasteiger partial charge >= 0.3 is 0 Å². The number of ether oxygens (including phenoxy) is 1. The average molecular weight is 362 g/mol. The summed E-state index contributed by atoms with van der Waals surface area (Å²) in [6.07, 6.45) is 3.75. The Morgan fingerprint density at radius 2 is 2.04 bits per heavy atom. The molecule has 0 bridgehead atoms. The number of nitrogens with zero attached hydrogens (tertiary/aromatic N) is 2. The largest absolute Gasteiger partial charge is 0.439 e. The van der Waals surface area contributed by atoms with E-state index < -0.39 is 0 Å². The fourth-order valence-electron chi connectivity index (χ4n) is 2.01. The van der Waals surface area contributed by atoms with Crippen LogP contribution in [-0.2, 0) is 6.54 Å². The zero-order valence-electron chi connectivity index (χ0n) is 14.5. The van der Waals surface area contributed by atoms with E-state index in [4.69, 9.17) is 4.74 Å². The van der Waals surface area contributed by atoms with Gasteiger partial charge in [-0.1, -0.05) is 0 Å². The second-order valence-corrected chi connectivity index (χ2v) is 6.16. The molecule has 0 amide bonds. The van der Waals surface area contributed by atoms with Gasteiger partial charge in [-0.25, -0.2) is 14.4 Å². The Bertz CT molecular complexity index is 679. The topological polar surface area (TPSA) is 58.5 Å². The van der Waals surface area contributed by atoms with E-state index in [0.717, 1.165) is 30.4 Å². The van der Waals surface area contributed by atoms with Crippen LogP contribution in [0.4, 0.5) is 4.39 Å². The smallest absolute Gasteiger partial charge is 0.219 e. The predicted octanol–water partition coefficient (Wildman–Crippen LogP) is 3.43. The van der Waals surface area contributed by atoms with Crippen LogP contribution in [0.5, 0.6) is 11.6 Å². The van der Waals surface area contributed by atoms with E-state index >= 15 is 0 Å². The normalized spacial score (nSPS) is 11.2. The van der Waals surface area contributed by atoms with E-state index in [1.165, 1.54) is 12.1 Å². The quantitative estimate of drug-likeness (QED) is 0.428. The minimum atomic E-state index is -0.298. The maximum atomic E-state index is 12.9. The van der Waals surface area contributed by atoms with Gasteiger partial charge < -0.3 is 15.4 Å². The highest BCUT2D eigenvalue weighted by Crippen LogP contribution is 2.20. The number of thioether (sulfide) groups is 1. The van der Waals surface area contributed by atoms with Crippen molar-refractivity contribution in [3.05, 3.63) is 54.0 Å². The molecule has 5 nitrogen and oxygen atoms in total. The van der Waals surface area contributed by atoms with Crippen LogP contribution in [0.25, 0.3) is 0 Å². The van der Waals surface area contributed by atoms with Crippen LogP contribution in [0.15, 0.2) is 47.6 Å². The van der Waals surface area contributed by atoms with Crippen LogP contribution < -0.4 is 15.4 Å². The van der Waals surface area contributed by atoms with E-state index in [-0.39, 0.29) is 5.82 Å². The standard InChI is InChI=1S/C18H23FN4OS/c1-3-20-18(22-10-11-25-2)23-13-14-8-9-21-17(12-14)24-16-6-4-15(19)5-7-16/h4-9,12H,3,10-11,13H2,1-2H3,(H2,20,22,23). The fourth-order valence-corrected chi connectivity index (χ4v) is 2.32. The molecule has 0 saturated heterocycles. The maximum Gasteiger partial charge on any atom is 0.219 e. The summed E-state index contributed by atoms with van der Waals surface area (Å²) in [7, 11) is 0. The lowest BCUT2D eigenvalue weighted by Crippen LogP contribution is -2.38. The molecular formula is C18H23FN4OS. The van der Waals surface area contributed by atoms with Crippen LogP contribution in [0.2, 0.25) is 0 Å². The van der Waals surface area contributed by atoms with Gasteiger partial charge in [0.05, 0.1) is 6.54 Å². The highest BCUT2D eigenvalue weighted by atomic mass is 32.2. The lowest BCUT2D eigenvalue weighted by Gasteiger charge is -2.11. The van der Waals surface area contributed by atoms with Gasteiger partial charge in [-0.15, -0.1) is 0 Å². The van der Waals surface area contributed by atoms with Gasteiger partial charge in [0, 0.05) is 31.1 Å². The molecule has 2 N–H and O–H groups in total. The van der Waals surface area contributed by atoms with Crippen LogP contribution in [-0.4, -0.2) is 36.0 Å². The number of aliphatic imine (C=N–C) groups is 1. The molecule has 0 aliphatic heterocycles. The number of benzene rings is 1. The van der Waals surface area contributed by atoms with Gasteiger partial charge in [0.1, 0.15) is 11.6 Å². The van der Waals surface area contributed by atoms with E-state index in [9.17, 15) is 4.39 Å². The van der Waals surface area contributed by atoms with Gasteiger partial charge in [0.15, 0.2) is 5.96 Å². The van der Waals surface area contributed by atoms with Gasteiger partial charge in [-0.05, 0) is 49.1 Å². The Balaban J connectivity index is 1.99. The molecule has 0 aliphatic rings. The molecule has 7 heteroatoms. The summed E-state index contributed by atoms with van der Waals surface area (Å²) < 4.78 is 18.6. The van der Waals surface area contributed by atoms with Crippen LogP contribution >= 0.6 is 11.8 Å². The first-order chi connectivity index (χ1) is 12.2. The number of guanidine groups is 1. The van der Waals surface area contributed by atoms with Crippen molar-refractivity contribution in [3.63, 3.8) is 0 Å². The van der Waals surface area contributed by atoms with Crippen molar-refractivity contribution in [2.75, 3.05) is 25.1 Å². The molecule has 0 atom stereocenters. The molecule has 25 heavy (non-hydrogen) atoms. The molecule has 1 heterocycles. The third-order valence-electron chi connectivity index (χ3n) is 3.20. The number of rotatable bonds is 8. The molecule has 2 rings (SSSR count). The molecular weight excluding hydrogens is 339 g/mol. The first kappa shape index (κ1) is 19.1. The number of aromatic nitrogens is 1. The zero-order chi connectivity index (χ0) is 17.9. The molecule has 134 valence electrons. The maximum absolute atomic E-state index is 12.9. The fraction of sp³-hybridized carbons (Fsp3) is 0.333. The molecule has 0 unspecified atom stereocenters. The first-order valence-electron chi connectivity index (χ1n) is 8.10. The van der Waals surface area contributed by atoms with Crippen LogP contribution in [0, 0.1) is 5.82 Å². The highest BCUT2D eigenvalue weighted by Gasteiger charge is 2.02. The molecule has 0 saturated carbocycles. The number of nitrogens with one attached hydrogen (secondary N) is 2. The Kier molecular flexibility index (Phi) is 8.04. The third kappa shape index (κ3) is 7.01. The number of hydrogen-bond acceptors (Lipinski definition) is 4. The number of pyridine rings is 1. The Labute approximate surface area is 152 Å². The molecule has 1 aromatic heterocycles. The molecule has 1 aromatic carbocycles. The van der Waals surface area contributed by atoms with Gasteiger partial charge in [-0.3, -0.25) is 0 Å². The van der Waals surface area contributed by atoms with Gasteiger partial charge in [-0.2, -0.15) is 11.8 Å². The Hall–Kier alpha value is -2.28. The molecule has 2 aromatic rings. The van der Waals surface area contributed by atoms with Crippen molar-refractivity contribution in [2.24, 2.45) is 4.99 Å². The second kappa shape index (κ2) is 10.6. The molecule has 0 fully saturated rings. The SMILES string of the molecule is CCNC(=NCc1ccnc(Oc2ccc(F)cc2)c1)NCCSC. The summed E-state index contributed by atoms with van der Waals surface area (Å²) in [5.41, 5.74) is 0.981. The predicted molar refractivity (Wildman–Crippen MR) is 102 cm³/mol. The third-order valence-corrected chi connectivity index (χ3v) is 3.81. The van der Waals surface area contributed by atoms with E-state index in [1.807, 2.05) is 19.1 Å². The van der Waals surface area contributed by atoms with Crippen molar-refractivity contribution in [1.82, 2.24) is 15.6 Å². The summed E-state index contributed by atoms with van der Waals surface area (Å²) in [4.78, 5) is 8.75. The summed E-state index contributed by atoms with van der Waals surface area (Å²) in [6.45, 7) is 4.21. The molecule has 0 aliphatic carbocycles. The minimum Gasteiger partial charge on any atom is -0.439 e. The molecule has 0 radical (unpaired) electrons. The van der Waals surface area contributed by atoms with Gasteiger partial charge in [0.2, 0.25) is 5.88 Å². The van der Waals surface area contributed by atoms with E-state index in [0.29, 0.717) is 18.2 Å². The summed E-state index contributed by atoms with van der Waals surface area (Å²) >= 11 is 1.79. The van der Waals surface area contributed by atoms with Crippen LogP contribution in [0.3, 0.4) is 0 Å². The first-order valence-corrected chi connectivity index (χ1v) is 9.50. The van der Waals surface area contributed by atoms with Crippen molar-refractivity contribution >= 4 is 17.7 Å². The van der Waals surface area contributed by atoms with Crippen LogP contribution in [0.1, 0.15) is 12.5 Å². The summed E-state index contributed by atoms with van der Waals surface area (Å²) in [6, 6.07) is 9.57.